The monoisotopic (exact) mass is 332 g/mol. The molecule has 1 aromatic carbocycles. The Morgan fingerprint density at radius 3 is 2.46 bits per heavy atom. The van der Waals surface area contributed by atoms with E-state index in [-0.39, 0.29) is 35.6 Å². The molecule has 0 radical (unpaired) electrons. The van der Waals surface area contributed by atoms with Crippen molar-refractivity contribution in [3.8, 4) is 0 Å². The number of nitrogens with one attached hydrogen (secondary N) is 1. The van der Waals surface area contributed by atoms with Gasteiger partial charge in [-0.25, -0.2) is 4.39 Å². The first-order valence-electron chi connectivity index (χ1n) is 8.88. The topological polar surface area (TPSA) is 49.4 Å². The zero-order chi connectivity index (χ0) is 17.1. The third kappa shape index (κ3) is 3.60. The summed E-state index contributed by atoms with van der Waals surface area (Å²) in [5.41, 5.74) is 0.816. The molecule has 4 nitrogen and oxygen atoms in total. The lowest BCUT2D eigenvalue weighted by molar-refractivity contribution is -0.142. The third-order valence-corrected chi connectivity index (χ3v) is 5.36. The predicted molar refractivity (Wildman–Crippen MR) is 89.7 cm³/mol. The van der Waals surface area contributed by atoms with Gasteiger partial charge in [-0.1, -0.05) is 31.4 Å². The molecule has 1 heterocycles. The highest BCUT2D eigenvalue weighted by molar-refractivity contribution is 5.85. The van der Waals surface area contributed by atoms with E-state index < -0.39 is 0 Å². The molecule has 2 atom stereocenters. The van der Waals surface area contributed by atoms with Crippen molar-refractivity contribution in [2.45, 2.75) is 57.0 Å². The van der Waals surface area contributed by atoms with Gasteiger partial charge in [0.25, 0.3) is 0 Å². The van der Waals surface area contributed by atoms with E-state index >= 15 is 0 Å². The van der Waals surface area contributed by atoms with Gasteiger partial charge in [-0.2, -0.15) is 0 Å². The predicted octanol–water partition coefficient (Wildman–Crippen LogP) is 3.18. The van der Waals surface area contributed by atoms with Gasteiger partial charge >= 0.3 is 0 Å². The van der Waals surface area contributed by atoms with E-state index in [4.69, 9.17) is 0 Å². The number of carbonyl (C=O) groups excluding carboxylic acids is 2. The minimum Gasteiger partial charge on any atom is -0.353 e. The summed E-state index contributed by atoms with van der Waals surface area (Å²) in [6.45, 7) is 0. The highest BCUT2D eigenvalue weighted by Gasteiger charge is 2.39. The molecule has 0 bridgehead atoms. The smallest absolute Gasteiger partial charge is 0.225 e. The average molecular weight is 332 g/mol. The molecule has 1 aliphatic carbocycles. The molecule has 2 aliphatic rings. The van der Waals surface area contributed by atoms with Crippen molar-refractivity contribution in [1.82, 2.24) is 10.2 Å². The SMILES string of the molecule is CN1C(=O)CC[C@@H](C(=O)NC2CCCCC2)[C@@H]1c1ccc(F)cc1. The highest BCUT2D eigenvalue weighted by atomic mass is 19.1. The van der Waals surface area contributed by atoms with Crippen LogP contribution in [0.15, 0.2) is 24.3 Å². The number of piperidine rings is 1. The number of likely N-dealkylation sites (tertiary alicyclic amines) is 1. The van der Waals surface area contributed by atoms with Gasteiger partial charge in [0.2, 0.25) is 11.8 Å². The summed E-state index contributed by atoms with van der Waals surface area (Å²) < 4.78 is 13.2. The van der Waals surface area contributed by atoms with Crippen LogP contribution in [0.2, 0.25) is 0 Å². The standard InChI is InChI=1S/C19H25FN2O2/c1-22-17(23)12-11-16(18(22)13-7-9-14(20)10-8-13)19(24)21-15-5-3-2-4-6-15/h7-10,15-16,18H,2-6,11-12H2,1H3,(H,21,24)/t16-,18+/m1/s1. The Hall–Kier alpha value is -1.91. The number of hydrogen-bond donors (Lipinski definition) is 1. The van der Waals surface area contributed by atoms with Crippen LogP contribution in [-0.4, -0.2) is 29.8 Å². The molecular weight excluding hydrogens is 307 g/mol. The Kier molecular flexibility index (Phi) is 5.17. The summed E-state index contributed by atoms with van der Waals surface area (Å²) in [4.78, 5) is 26.6. The van der Waals surface area contributed by atoms with Gasteiger partial charge in [-0.3, -0.25) is 9.59 Å². The largest absolute Gasteiger partial charge is 0.353 e. The number of rotatable bonds is 3. The Bertz CT molecular complexity index is 596. The van der Waals surface area contributed by atoms with Gasteiger partial charge in [0.1, 0.15) is 5.82 Å². The van der Waals surface area contributed by atoms with Gasteiger partial charge in [0.15, 0.2) is 0 Å². The van der Waals surface area contributed by atoms with Crippen LogP contribution < -0.4 is 5.32 Å². The molecule has 5 heteroatoms. The summed E-state index contributed by atoms with van der Waals surface area (Å²) >= 11 is 0. The lowest BCUT2D eigenvalue weighted by Gasteiger charge is -2.39. The maximum absolute atomic E-state index is 13.2. The van der Waals surface area contributed by atoms with Crippen LogP contribution in [0.25, 0.3) is 0 Å². The molecule has 1 N–H and O–H groups in total. The van der Waals surface area contributed by atoms with Crippen LogP contribution in [0.1, 0.15) is 56.6 Å². The second-order valence-corrected chi connectivity index (χ2v) is 6.99. The van der Waals surface area contributed by atoms with Crippen molar-refractivity contribution < 1.29 is 14.0 Å². The molecule has 1 aliphatic heterocycles. The molecule has 2 amide bonds. The molecule has 1 aromatic rings. The van der Waals surface area contributed by atoms with E-state index in [2.05, 4.69) is 5.32 Å². The van der Waals surface area contributed by atoms with Gasteiger partial charge < -0.3 is 10.2 Å². The molecule has 24 heavy (non-hydrogen) atoms. The first-order chi connectivity index (χ1) is 11.6. The highest BCUT2D eigenvalue weighted by Crippen LogP contribution is 2.36. The lowest BCUT2D eigenvalue weighted by atomic mass is 9.83. The summed E-state index contributed by atoms with van der Waals surface area (Å²) in [7, 11) is 1.73. The van der Waals surface area contributed by atoms with Crippen LogP contribution >= 0.6 is 0 Å². The minimum absolute atomic E-state index is 0.0237. The Balaban J connectivity index is 1.79. The fraction of sp³-hybridized carbons (Fsp3) is 0.579. The number of nitrogens with zero attached hydrogens (tertiary/aromatic N) is 1. The van der Waals surface area contributed by atoms with Crippen molar-refractivity contribution in [1.29, 1.82) is 0 Å². The van der Waals surface area contributed by atoms with Crippen molar-refractivity contribution in [3.63, 3.8) is 0 Å². The van der Waals surface area contributed by atoms with Crippen LogP contribution in [0.3, 0.4) is 0 Å². The van der Waals surface area contributed by atoms with Gasteiger partial charge in [0, 0.05) is 19.5 Å². The van der Waals surface area contributed by atoms with Crippen LogP contribution in [-0.2, 0) is 9.59 Å². The lowest BCUT2D eigenvalue weighted by Crippen LogP contribution is -2.48. The molecule has 0 spiro atoms. The summed E-state index contributed by atoms with van der Waals surface area (Å²) in [5.74, 6) is -0.534. The normalized spacial score (nSPS) is 25.6. The maximum atomic E-state index is 13.2. The van der Waals surface area contributed by atoms with Gasteiger partial charge in [-0.15, -0.1) is 0 Å². The molecular formula is C19H25FN2O2. The Morgan fingerprint density at radius 2 is 1.79 bits per heavy atom. The number of carbonyl (C=O) groups is 2. The Morgan fingerprint density at radius 1 is 1.12 bits per heavy atom. The molecule has 1 saturated heterocycles. The zero-order valence-electron chi connectivity index (χ0n) is 14.1. The van der Waals surface area contributed by atoms with Crippen molar-refractivity contribution in [2.24, 2.45) is 5.92 Å². The average Bonchev–Trinajstić information content (AvgIpc) is 2.59. The number of hydrogen-bond acceptors (Lipinski definition) is 2. The zero-order valence-corrected chi connectivity index (χ0v) is 14.1. The fourth-order valence-corrected chi connectivity index (χ4v) is 3.98. The summed E-state index contributed by atoms with van der Waals surface area (Å²) in [5, 5.41) is 3.18. The molecule has 0 unspecified atom stereocenters. The first kappa shape index (κ1) is 16.9. The van der Waals surface area contributed by atoms with E-state index in [1.54, 1.807) is 24.1 Å². The van der Waals surface area contributed by atoms with E-state index in [0.717, 1.165) is 31.2 Å². The minimum atomic E-state index is -0.324. The quantitative estimate of drug-likeness (QED) is 0.924. The molecule has 2 fully saturated rings. The number of halogens is 1. The molecule has 130 valence electrons. The Labute approximate surface area is 142 Å². The first-order valence-corrected chi connectivity index (χ1v) is 8.88. The van der Waals surface area contributed by atoms with Gasteiger partial charge in [-0.05, 0) is 37.0 Å². The van der Waals surface area contributed by atoms with E-state index in [9.17, 15) is 14.0 Å². The maximum Gasteiger partial charge on any atom is 0.225 e. The number of benzene rings is 1. The van der Waals surface area contributed by atoms with Crippen molar-refractivity contribution in [2.75, 3.05) is 7.05 Å². The molecule has 3 rings (SSSR count). The van der Waals surface area contributed by atoms with E-state index in [1.165, 1.54) is 18.6 Å². The van der Waals surface area contributed by atoms with Crippen molar-refractivity contribution in [3.05, 3.63) is 35.6 Å². The van der Waals surface area contributed by atoms with E-state index in [0.29, 0.717) is 12.8 Å². The van der Waals surface area contributed by atoms with E-state index in [1.807, 2.05) is 0 Å². The summed E-state index contributed by atoms with van der Waals surface area (Å²) in [6.07, 6.45) is 6.57. The van der Waals surface area contributed by atoms with Crippen LogP contribution in [0, 0.1) is 11.7 Å². The molecule has 0 aromatic heterocycles. The summed E-state index contributed by atoms with van der Waals surface area (Å²) in [6, 6.07) is 6.06. The van der Waals surface area contributed by atoms with Crippen LogP contribution in [0.5, 0.6) is 0 Å². The van der Waals surface area contributed by atoms with Crippen LogP contribution in [0.4, 0.5) is 4.39 Å². The number of amides is 2. The third-order valence-electron chi connectivity index (χ3n) is 5.36. The van der Waals surface area contributed by atoms with Crippen molar-refractivity contribution >= 4 is 11.8 Å². The fourth-order valence-electron chi connectivity index (χ4n) is 3.98. The second-order valence-electron chi connectivity index (χ2n) is 6.99. The molecule has 1 saturated carbocycles. The second kappa shape index (κ2) is 7.32. The van der Waals surface area contributed by atoms with Gasteiger partial charge in [0.05, 0.1) is 12.0 Å².